The lowest BCUT2D eigenvalue weighted by molar-refractivity contribution is -0.124. The molecule has 2 aromatic heterocycles. The molecule has 1 aromatic carbocycles. The first-order valence-electron chi connectivity index (χ1n) is 9.96. The highest BCUT2D eigenvalue weighted by Gasteiger charge is 2.29. The third-order valence-electron chi connectivity index (χ3n) is 5.34. The molecular formula is C21H21N7O2. The number of anilines is 3. The molecule has 1 saturated carbocycles. The molecule has 0 radical (unpaired) electrons. The molecule has 1 saturated heterocycles. The van der Waals surface area contributed by atoms with E-state index in [1.54, 1.807) is 16.8 Å². The quantitative estimate of drug-likeness (QED) is 0.428. The number of nitrogens with zero attached hydrogens (tertiary/aromatic N) is 4. The molecule has 30 heavy (non-hydrogen) atoms. The van der Waals surface area contributed by atoms with Crippen LogP contribution in [0.25, 0.3) is 11.7 Å². The van der Waals surface area contributed by atoms with Crippen molar-refractivity contribution in [2.45, 2.75) is 32.2 Å². The van der Waals surface area contributed by atoms with Gasteiger partial charge in [-0.1, -0.05) is 18.2 Å². The van der Waals surface area contributed by atoms with Crippen LogP contribution >= 0.6 is 0 Å². The van der Waals surface area contributed by atoms with Crippen molar-refractivity contribution in [3.63, 3.8) is 0 Å². The number of aromatic nitrogens is 4. The van der Waals surface area contributed by atoms with Gasteiger partial charge in [-0.2, -0.15) is 19.6 Å². The molecule has 0 bridgehead atoms. The Morgan fingerprint density at radius 2 is 2.00 bits per heavy atom. The van der Waals surface area contributed by atoms with E-state index >= 15 is 0 Å². The van der Waals surface area contributed by atoms with E-state index < -0.39 is 0 Å². The minimum atomic E-state index is -0.378. The minimum absolute atomic E-state index is 0.0558. The van der Waals surface area contributed by atoms with Crippen molar-refractivity contribution < 1.29 is 9.59 Å². The molecule has 1 atom stereocenters. The number of imide groups is 1. The van der Waals surface area contributed by atoms with Gasteiger partial charge in [0, 0.05) is 22.9 Å². The summed E-state index contributed by atoms with van der Waals surface area (Å²) in [5.74, 6) is 0.955. The molecule has 9 nitrogen and oxygen atoms in total. The summed E-state index contributed by atoms with van der Waals surface area (Å²) in [6.45, 7) is 2.13. The lowest BCUT2D eigenvalue weighted by atomic mass is 10.1. The Bertz CT molecular complexity index is 1160. The van der Waals surface area contributed by atoms with Gasteiger partial charge in [0.25, 0.3) is 5.91 Å². The van der Waals surface area contributed by atoms with Gasteiger partial charge in [-0.25, -0.2) is 0 Å². The maximum absolute atomic E-state index is 12.0. The molecule has 152 valence electrons. The van der Waals surface area contributed by atoms with Crippen molar-refractivity contribution in [1.29, 1.82) is 0 Å². The number of para-hydroxylation sites is 1. The SMILES string of the molecule is C[C@@H](Nc1nc(Nc2ccccc2)n2ncc(/C=C3\CC(=O)NC3=O)c2n1)C1CC1. The van der Waals surface area contributed by atoms with Gasteiger partial charge in [-0.3, -0.25) is 14.9 Å². The topological polar surface area (TPSA) is 113 Å². The largest absolute Gasteiger partial charge is 0.351 e. The van der Waals surface area contributed by atoms with Crippen molar-refractivity contribution in [2.75, 3.05) is 10.6 Å². The molecule has 1 aliphatic carbocycles. The lowest BCUT2D eigenvalue weighted by Crippen LogP contribution is -2.20. The minimum Gasteiger partial charge on any atom is -0.351 e. The normalized spacial score (nSPS) is 18.6. The fraction of sp³-hybridized carbons (Fsp3) is 0.286. The molecule has 3 heterocycles. The second kappa shape index (κ2) is 7.25. The predicted molar refractivity (Wildman–Crippen MR) is 112 cm³/mol. The van der Waals surface area contributed by atoms with Crippen LogP contribution < -0.4 is 16.0 Å². The number of amides is 2. The molecule has 2 aliphatic rings. The molecular weight excluding hydrogens is 382 g/mol. The van der Waals surface area contributed by atoms with Crippen molar-refractivity contribution in [2.24, 2.45) is 5.92 Å². The van der Waals surface area contributed by atoms with Crippen LogP contribution in [-0.2, 0) is 9.59 Å². The average Bonchev–Trinajstić information content (AvgIpc) is 3.43. The Labute approximate surface area is 172 Å². The van der Waals surface area contributed by atoms with Gasteiger partial charge in [-0.05, 0) is 43.9 Å². The van der Waals surface area contributed by atoms with Crippen LogP contribution in [0.4, 0.5) is 17.6 Å². The Kier molecular flexibility index (Phi) is 4.42. The standard InChI is InChI=1S/C21H21N7O2/c1-12(13-7-8-13)23-20-26-18-15(9-14-10-17(29)25-19(14)30)11-22-28(18)21(27-20)24-16-5-3-2-4-6-16/h2-6,9,11-13H,7-8,10H2,1H3,(H,25,29,30)(H2,23,24,26,27)/b14-9+/t12-/m1/s1. The Balaban J connectivity index is 1.57. The van der Waals surface area contributed by atoms with Crippen molar-refractivity contribution in [3.8, 4) is 0 Å². The second-order valence-electron chi connectivity index (χ2n) is 7.69. The third kappa shape index (κ3) is 3.61. The number of fused-ring (bicyclic) bond motifs is 1. The van der Waals surface area contributed by atoms with Gasteiger partial charge in [0.15, 0.2) is 5.65 Å². The Hall–Kier alpha value is -3.75. The monoisotopic (exact) mass is 403 g/mol. The lowest BCUT2D eigenvalue weighted by Gasteiger charge is -2.15. The number of nitrogens with one attached hydrogen (secondary N) is 3. The first-order valence-corrected chi connectivity index (χ1v) is 9.96. The summed E-state index contributed by atoms with van der Waals surface area (Å²) in [5.41, 5.74) is 2.46. The highest BCUT2D eigenvalue weighted by molar-refractivity contribution is 6.15. The summed E-state index contributed by atoms with van der Waals surface area (Å²) in [4.78, 5) is 32.8. The van der Waals surface area contributed by atoms with E-state index in [2.05, 4.69) is 37.9 Å². The van der Waals surface area contributed by atoms with Crippen LogP contribution in [0.3, 0.4) is 0 Å². The highest BCUT2D eigenvalue weighted by atomic mass is 16.2. The average molecular weight is 403 g/mol. The van der Waals surface area contributed by atoms with Crippen LogP contribution in [0, 0.1) is 5.92 Å². The zero-order valence-electron chi connectivity index (χ0n) is 16.4. The fourth-order valence-electron chi connectivity index (χ4n) is 3.52. The predicted octanol–water partition coefficient (Wildman–Crippen LogP) is 2.51. The number of benzene rings is 1. The maximum atomic E-state index is 12.0. The summed E-state index contributed by atoms with van der Waals surface area (Å²) < 4.78 is 1.60. The molecule has 0 spiro atoms. The summed E-state index contributed by atoms with van der Waals surface area (Å²) in [7, 11) is 0. The molecule has 0 unspecified atom stereocenters. The van der Waals surface area contributed by atoms with E-state index in [4.69, 9.17) is 0 Å². The van der Waals surface area contributed by atoms with Crippen LogP contribution in [0.1, 0.15) is 31.7 Å². The summed E-state index contributed by atoms with van der Waals surface area (Å²) in [5, 5.41) is 13.4. The highest BCUT2D eigenvalue weighted by Crippen LogP contribution is 2.34. The fourth-order valence-corrected chi connectivity index (χ4v) is 3.52. The number of carbonyl (C=O) groups is 2. The van der Waals surface area contributed by atoms with Crippen LogP contribution in [0.15, 0.2) is 42.1 Å². The van der Waals surface area contributed by atoms with E-state index in [-0.39, 0.29) is 24.3 Å². The maximum Gasteiger partial charge on any atom is 0.254 e. The molecule has 1 aliphatic heterocycles. The summed E-state index contributed by atoms with van der Waals surface area (Å²) in [6, 6.07) is 9.95. The number of rotatable bonds is 6. The Morgan fingerprint density at radius 3 is 2.70 bits per heavy atom. The third-order valence-corrected chi connectivity index (χ3v) is 5.34. The molecule has 5 rings (SSSR count). The van der Waals surface area contributed by atoms with E-state index in [0.29, 0.717) is 34.6 Å². The van der Waals surface area contributed by atoms with E-state index in [1.807, 2.05) is 30.3 Å². The van der Waals surface area contributed by atoms with E-state index in [0.717, 1.165) is 5.69 Å². The van der Waals surface area contributed by atoms with Crippen LogP contribution in [0.2, 0.25) is 0 Å². The van der Waals surface area contributed by atoms with Gasteiger partial charge in [0.1, 0.15) is 0 Å². The first kappa shape index (κ1) is 18.3. The van der Waals surface area contributed by atoms with Gasteiger partial charge in [-0.15, -0.1) is 0 Å². The molecule has 9 heteroatoms. The van der Waals surface area contributed by atoms with E-state index in [9.17, 15) is 9.59 Å². The first-order chi connectivity index (χ1) is 14.6. The van der Waals surface area contributed by atoms with Crippen LogP contribution in [0.5, 0.6) is 0 Å². The molecule has 3 N–H and O–H groups in total. The number of hydrogen-bond acceptors (Lipinski definition) is 7. The van der Waals surface area contributed by atoms with Crippen molar-refractivity contribution in [1.82, 2.24) is 24.9 Å². The van der Waals surface area contributed by atoms with E-state index in [1.165, 1.54) is 12.8 Å². The van der Waals surface area contributed by atoms with Gasteiger partial charge >= 0.3 is 0 Å². The van der Waals surface area contributed by atoms with Gasteiger partial charge in [0.05, 0.1) is 12.6 Å². The van der Waals surface area contributed by atoms with Gasteiger partial charge < -0.3 is 10.6 Å². The zero-order valence-corrected chi connectivity index (χ0v) is 16.4. The second-order valence-corrected chi connectivity index (χ2v) is 7.69. The van der Waals surface area contributed by atoms with Crippen molar-refractivity contribution >= 4 is 41.1 Å². The Morgan fingerprint density at radius 1 is 1.20 bits per heavy atom. The number of carbonyl (C=O) groups excluding carboxylic acids is 2. The number of hydrogen-bond donors (Lipinski definition) is 3. The summed E-state index contributed by atoms with van der Waals surface area (Å²) >= 11 is 0. The molecule has 2 fully saturated rings. The van der Waals surface area contributed by atoms with Crippen LogP contribution in [-0.4, -0.2) is 37.4 Å². The smallest absolute Gasteiger partial charge is 0.254 e. The van der Waals surface area contributed by atoms with Gasteiger partial charge in [0.2, 0.25) is 17.8 Å². The summed E-state index contributed by atoms with van der Waals surface area (Å²) in [6.07, 6.45) is 5.75. The zero-order chi connectivity index (χ0) is 20.7. The van der Waals surface area contributed by atoms with Crippen molar-refractivity contribution in [3.05, 3.63) is 47.7 Å². The molecule has 2 amide bonds. The molecule has 3 aromatic rings.